The van der Waals surface area contributed by atoms with Gasteiger partial charge in [0.05, 0.1) is 12.1 Å². The highest BCUT2D eigenvalue weighted by molar-refractivity contribution is 6.35. The number of anilines is 1. The maximum Gasteiger partial charge on any atom is 0.309 e. The van der Waals surface area contributed by atoms with Crippen LogP contribution in [-0.2, 0) is 20.7 Å². The molecule has 1 aromatic rings. The number of carbonyl (C=O) groups excluding carboxylic acids is 2. The molecule has 28 heavy (non-hydrogen) atoms. The fourth-order valence-corrected chi connectivity index (χ4v) is 3.97. The van der Waals surface area contributed by atoms with Crippen LogP contribution >= 0.6 is 0 Å². The second kappa shape index (κ2) is 9.39. The number of carbonyl (C=O) groups is 2. The zero-order valence-corrected chi connectivity index (χ0v) is 17.2. The predicted molar refractivity (Wildman–Crippen MR) is 109 cm³/mol. The average molecular weight is 389 g/mol. The summed E-state index contributed by atoms with van der Waals surface area (Å²) in [6, 6.07) is 6.53. The van der Waals surface area contributed by atoms with Crippen molar-refractivity contribution in [3.8, 4) is 0 Å². The van der Waals surface area contributed by atoms with Gasteiger partial charge in [0.15, 0.2) is 0 Å². The SMILES string of the molecule is CN1CCCc2cc([C@H](CNC(=O)C(=O)NC[C@H]3CCCO3)N(C)C)ccc21. The lowest BCUT2D eigenvalue weighted by molar-refractivity contribution is -0.139. The molecule has 2 N–H and O–H groups in total. The summed E-state index contributed by atoms with van der Waals surface area (Å²) in [5.74, 6) is -1.19. The monoisotopic (exact) mass is 388 g/mol. The summed E-state index contributed by atoms with van der Waals surface area (Å²) in [6.07, 6.45) is 4.19. The van der Waals surface area contributed by atoms with E-state index in [1.807, 2.05) is 14.1 Å². The van der Waals surface area contributed by atoms with Gasteiger partial charge in [0.2, 0.25) is 0 Å². The van der Waals surface area contributed by atoms with Crippen LogP contribution in [0.25, 0.3) is 0 Å². The molecule has 0 spiro atoms. The second-order valence-corrected chi connectivity index (χ2v) is 7.95. The Bertz CT molecular complexity index is 701. The Kier molecular flexibility index (Phi) is 6.91. The molecule has 0 bridgehead atoms. The van der Waals surface area contributed by atoms with Gasteiger partial charge in [0, 0.05) is 39.0 Å². The molecule has 2 atom stereocenters. The van der Waals surface area contributed by atoms with E-state index >= 15 is 0 Å². The molecule has 3 rings (SSSR count). The molecule has 2 amide bonds. The number of likely N-dealkylation sites (N-methyl/N-ethyl adjacent to an activating group) is 1. The van der Waals surface area contributed by atoms with Crippen LogP contribution in [0.15, 0.2) is 18.2 Å². The summed E-state index contributed by atoms with van der Waals surface area (Å²) in [4.78, 5) is 28.6. The third kappa shape index (κ3) is 5.02. The highest BCUT2D eigenvalue weighted by Crippen LogP contribution is 2.29. The largest absolute Gasteiger partial charge is 0.376 e. The van der Waals surface area contributed by atoms with E-state index in [0.717, 1.165) is 44.4 Å². The quantitative estimate of drug-likeness (QED) is 0.714. The van der Waals surface area contributed by atoms with Gasteiger partial charge >= 0.3 is 11.8 Å². The topological polar surface area (TPSA) is 73.9 Å². The van der Waals surface area contributed by atoms with Crippen molar-refractivity contribution < 1.29 is 14.3 Å². The summed E-state index contributed by atoms with van der Waals surface area (Å²) < 4.78 is 5.47. The Morgan fingerprint density at radius 2 is 2.04 bits per heavy atom. The van der Waals surface area contributed by atoms with Crippen LogP contribution in [0.2, 0.25) is 0 Å². The van der Waals surface area contributed by atoms with Crippen molar-refractivity contribution in [2.24, 2.45) is 0 Å². The fraction of sp³-hybridized carbons (Fsp3) is 0.619. The summed E-state index contributed by atoms with van der Waals surface area (Å²) in [6.45, 7) is 2.59. The normalized spacial score (nSPS) is 20.0. The van der Waals surface area contributed by atoms with Gasteiger partial charge in [0.1, 0.15) is 0 Å². The number of nitrogens with zero attached hydrogens (tertiary/aromatic N) is 2. The Morgan fingerprint density at radius 3 is 2.75 bits per heavy atom. The Labute approximate surface area is 167 Å². The van der Waals surface area contributed by atoms with Crippen molar-refractivity contribution >= 4 is 17.5 Å². The van der Waals surface area contributed by atoms with E-state index in [2.05, 4.69) is 45.7 Å². The van der Waals surface area contributed by atoms with E-state index < -0.39 is 11.8 Å². The molecule has 0 radical (unpaired) electrons. The number of benzene rings is 1. The standard InChI is InChI=1S/C21H32N4O3/c1-24(2)19(16-8-9-18-15(12-16)6-4-10-25(18)3)14-23-21(27)20(26)22-13-17-7-5-11-28-17/h8-9,12,17,19H,4-7,10-11,13-14H2,1-3H3,(H,22,26)(H,23,27)/t17-,19+/m1/s1. The summed E-state index contributed by atoms with van der Waals surface area (Å²) in [5.41, 5.74) is 3.78. The number of nitrogens with one attached hydrogen (secondary N) is 2. The molecule has 2 heterocycles. The highest BCUT2D eigenvalue weighted by atomic mass is 16.5. The molecular formula is C21H32N4O3. The van der Waals surface area contributed by atoms with E-state index in [-0.39, 0.29) is 12.1 Å². The molecular weight excluding hydrogens is 356 g/mol. The minimum absolute atomic E-state index is 0.00690. The van der Waals surface area contributed by atoms with Crippen molar-refractivity contribution in [2.75, 3.05) is 52.3 Å². The molecule has 7 nitrogen and oxygen atoms in total. The van der Waals surface area contributed by atoms with Gasteiger partial charge in [-0.1, -0.05) is 12.1 Å². The average Bonchev–Trinajstić information content (AvgIpc) is 3.19. The second-order valence-electron chi connectivity index (χ2n) is 7.95. The van der Waals surface area contributed by atoms with E-state index in [1.165, 1.54) is 11.3 Å². The third-order valence-corrected chi connectivity index (χ3v) is 5.64. The number of fused-ring (bicyclic) bond motifs is 1. The summed E-state index contributed by atoms with van der Waals surface area (Å²) >= 11 is 0. The predicted octanol–water partition coefficient (Wildman–Crippen LogP) is 1.08. The lowest BCUT2D eigenvalue weighted by Crippen LogP contribution is -2.44. The third-order valence-electron chi connectivity index (χ3n) is 5.64. The number of amides is 2. The number of rotatable bonds is 6. The van der Waals surface area contributed by atoms with Gasteiger partial charge in [-0.3, -0.25) is 9.59 Å². The highest BCUT2D eigenvalue weighted by Gasteiger charge is 2.22. The van der Waals surface area contributed by atoms with Gasteiger partial charge in [-0.15, -0.1) is 0 Å². The number of hydrogen-bond donors (Lipinski definition) is 2. The Morgan fingerprint density at radius 1 is 1.25 bits per heavy atom. The lowest BCUT2D eigenvalue weighted by atomic mass is 9.96. The van der Waals surface area contributed by atoms with Crippen LogP contribution in [0.3, 0.4) is 0 Å². The smallest absolute Gasteiger partial charge is 0.309 e. The van der Waals surface area contributed by atoms with Crippen LogP contribution in [0.5, 0.6) is 0 Å². The Balaban J connectivity index is 1.57. The molecule has 0 unspecified atom stereocenters. The fourth-order valence-electron chi connectivity index (χ4n) is 3.97. The van der Waals surface area contributed by atoms with Crippen molar-refractivity contribution in [1.82, 2.24) is 15.5 Å². The van der Waals surface area contributed by atoms with Gasteiger partial charge in [0.25, 0.3) is 0 Å². The van der Waals surface area contributed by atoms with Gasteiger partial charge in [-0.05, 0) is 57.0 Å². The first-order valence-corrected chi connectivity index (χ1v) is 10.1. The molecule has 1 saturated heterocycles. The minimum Gasteiger partial charge on any atom is -0.376 e. The molecule has 2 aliphatic rings. The van der Waals surface area contributed by atoms with Crippen LogP contribution in [0, 0.1) is 0 Å². The van der Waals surface area contributed by atoms with Gasteiger partial charge in [-0.2, -0.15) is 0 Å². The van der Waals surface area contributed by atoms with Gasteiger partial charge in [-0.25, -0.2) is 0 Å². The zero-order chi connectivity index (χ0) is 20.1. The molecule has 0 aliphatic carbocycles. The molecule has 154 valence electrons. The van der Waals surface area contributed by atoms with E-state index in [0.29, 0.717) is 13.1 Å². The Hall–Kier alpha value is -2.12. The first-order valence-electron chi connectivity index (χ1n) is 10.1. The summed E-state index contributed by atoms with van der Waals surface area (Å²) in [7, 11) is 6.09. The molecule has 2 aliphatic heterocycles. The number of ether oxygens (including phenoxy) is 1. The van der Waals surface area contributed by atoms with Crippen LogP contribution in [0.4, 0.5) is 5.69 Å². The summed E-state index contributed by atoms with van der Waals surface area (Å²) in [5, 5.41) is 5.45. The maximum absolute atomic E-state index is 12.2. The molecule has 1 aromatic carbocycles. The van der Waals surface area contributed by atoms with E-state index in [1.54, 1.807) is 0 Å². The minimum atomic E-state index is -0.597. The first kappa shape index (κ1) is 20.6. The molecule has 1 fully saturated rings. The van der Waals surface area contributed by atoms with Gasteiger partial charge < -0.3 is 25.2 Å². The van der Waals surface area contributed by atoms with E-state index in [9.17, 15) is 9.59 Å². The first-order chi connectivity index (χ1) is 13.5. The van der Waals surface area contributed by atoms with Crippen molar-refractivity contribution in [1.29, 1.82) is 0 Å². The lowest BCUT2D eigenvalue weighted by Gasteiger charge is -2.30. The van der Waals surface area contributed by atoms with Crippen LogP contribution in [0.1, 0.15) is 36.4 Å². The van der Waals surface area contributed by atoms with Crippen molar-refractivity contribution in [2.45, 2.75) is 37.8 Å². The van der Waals surface area contributed by atoms with Crippen molar-refractivity contribution in [3.63, 3.8) is 0 Å². The number of aryl methyl sites for hydroxylation is 1. The number of hydrogen-bond acceptors (Lipinski definition) is 5. The van der Waals surface area contributed by atoms with Crippen LogP contribution < -0.4 is 15.5 Å². The molecule has 7 heteroatoms. The zero-order valence-electron chi connectivity index (χ0n) is 17.2. The molecule has 0 saturated carbocycles. The van der Waals surface area contributed by atoms with Crippen molar-refractivity contribution in [3.05, 3.63) is 29.3 Å². The maximum atomic E-state index is 12.2. The van der Waals surface area contributed by atoms with E-state index in [4.69, 9.17) is 4.74 Å². The molecule has 0 aromatic heterocycles. The van der Waals surface area contributed by atoms with Crippen LogP contribution in [-0.4, -0.2) is 70.2 Å².